The van der Waals surface area contributed by atoms with E-state index in [9.17, 15) is 9.90 Å². The van der Waals surface area contributed by atoms with E-state index in [2.05, 4.69) is 31.3 Å². The molecule has 10 heteroatoms. The first-order valence-electron chi connectivity index (χ1n) is 8.76. The van der Waals surface area contributed by atoms with Gasteiger partial charge in [0, 0.05) is 17.3 Å². The minimum Gasteiger partial charge on any atom is -0.480 e. The van der Waals surface area contributed by atoms with Crippen molar-refractivity contribution in [3.63, 3.8) is 0 Å². The molecule has 2 aliphatic rings. The standard InChI is InChI=1S/C17H22N6O2.2ClH/c24-17(25)15-8-11-7-12(6-5-10(11)9-18-15)19-14-4-2-1-3-13(14)16-20-22-23-21-16;;/h1-4,10-12,15,18-19H,5-9H2,(H,24,25)(H,20,21,22,23);2*1H/t10-,11+,12-,15-;;/m0../s1. The number of H-pyrrole nitrogens is 1. The lowest BCUT2D eigenvalue weighted by Crippen LogP contribution is -2.50. The number of carbonyl (C=O) groups is 1. The smallest absolute Gasteiger partial charge is 0.320 e. The van der Waals surface area contributed by atoms with Gasteiger partial charge in [-0.1, -0.05) is 12.1 Å². The molecular formula is C17H24Cl2N6O2. The zero-order chi connectivity index (χ0) is 17.2. The summed E-state index contributed by atoms with van der Waals surface area (Å²) in [5.74, 6) is 0.868. The second kappa shape index (κ2) is 9.34. The number of para-hydroxylation sites is 1. The Bertz CT molecular complexity index is 745. The molecule has 1 aliphatic carbocycles. The van der Waals surface area contributed by atoms with Gasteiger partial charge in [-0.3, -0.25) is 4.79 Å². The van der Waals surface area contributed by atoms with Crippen molar-refractivity contribution in [1.29, 1.82) is 0 Å². The minimum absolute atomic E-state index is 0. The van der Waals surface area contributed by atoms with Crippen LogP contribution < -0.4 is 10.6 Å². The lowest BCUT2D eigenvalue weighted by Gasteiger charge is -2.42. The molecule has 1 saturated carbocycles. The van der Waals surface area contributed by atoms with E-state index in [1.807, 2.05) is 24.3 Å². The first kappa shape index (κ1) is 21.4. The van der Waals surface area contributed by atoms with Crippen molar-refractivity contribution in [1.82, 2.24) is 25.9 Å². The molecule has 0 spiro atoms. The van der Waals surface area contributed by atoms with Gasteiger partial charge >= 0.3 is 5.97 Å². The fourth-order valence-electron chi connectivity index (χ4n) is 4.18. The molecule has 2 heterocycles. The van der Waals surface area contributed by atoms with Crippen molar-refractivity contribution in [3.8, 4) is 11.4 Å². The van der Waals surface area contributed by atoms with Gasteiger partial charge in [-0.05, 0) is 61.4 Å². The number of hydrogen-bond acceptors (Lipinski definition) is 6. The number of aromatic nitrogens is 4. The highest BCUT2D eigenvalue weighted by Gasteiger charge is 2.37. The Balaban J connectivity index is 0.00000131. The number of hydrogen-bond donors (Lipinski definition) is 4. The summed E-state index contributed by atoms with van der Waals surface area (Å²) in [6.07, 6.45) is 3.91. The lowest BCUT2D eigenvalue weighted by atomic mass is 9.72. The van der Waals surface area contributed by atoms with Crippen LogP contribution in [0.3, 0.4) is 0 Å². The Morgan fingerprint density at radius 1 is 1.15 bits per heavy atom. The van der Waals surface area contributed by atoms with Gasteiger partial charge in [0.05, 0.1) is 0 Å². The number of tetrazole rings is 1. The number of nitrogens with zero attached hydrogens (tertiary/aromatic N) is 3. The van der Waals surface area contributed by atoms with Crippen LogP contribution in [0.2, 0.25) is 0 Å². The molecule has 0 bridgehead atoms. The van der Waals surface area contributed by atoms with Crippen LogP contribution in [-0.4, -0.2) is 50.3 Å². The molecule has 4 N–H and O–H groups in total. The van der Waals surface area contributed by atoms with E-state index >= 15 is 0 Å². The summed E-state index contributed by atoms with van der Waals surface area (Å²) < 4.78 is 0. The Kier molecular flexibility index (Phi) is 7.41. The molecule has 148 valence electrons. The number of fused-ring (bicyclic) bond motifs is 1. The zero-order valence-corrected chi connectivity index (χ0v) is 16.3. The predicted octanol–water partition coefficient (Wildman–Crippen LogP) is 2.35. The van der Waals surface area contributed by atoms with Crippen LogP contribution in [0.1, 0.15) is 25.7 Å². The highest BCUT2D eigenvalue weighted by molar-refractivity contribution is 5.85. The van der Waals surface area contributed by atoms with Gasteiger partial charge in [-0.25, -0.2) is 0 Å². The van der Waals surface area contributed by atoms with Crippen LogP contribution in [0, 0.1) is 11.8 Å². The molecule has 4 rings (SSSR count). The van der Waals surface area contributed by atoms with Gasteiger partial charge in [-0.2, -0.15) is 5.21 Å². The summed E-state index contributed by atoms with van der Waals surface area (Å²) in [7, 11) is 0. The summed E-state index contributed by atoms with van der Waals surface area (Å²) in [4.78, 5) is 11.3. The molecule has 1 saturated heterocycles. The number of anilines is 1. The first-order valence-corrected chi connectivity index (χ1v) is 8.76. The molecule has 4 atom stereocenters. The normalized spacial score (nSPS) is 26.8. The van der Waals surface area contributed by atoms with Crippen molar-refractivity contribution in [2.24, 2.45) is 11.8 Å². The average Bonchev–Trinajstić information content (AvgIpc) is 3.16. The molecule has 1 aliphatic heterocycles. The Morgan fingerprint density at radius 2 is 1.96 bits per heavy atom. The number of rotatable bonds is 4. The van der Waals surface area contributed by atoms with Gasteiger partial charge in [0.1, 0.15) is 6.04 Å². The molecule has 8 nitrogen and oxygen atoms in total. The van der Waals surface area contributed by atoms with Crippen LogP contribution in [0.5, 0.6) is 0 Å². The van der Waals surface area contributed by atoms with E-state index in [0.29, 0.717) is 30.1 Å². The second-order valence-corrected chi connectivity index (χ2v) is 6.99. The van der Waals surface area contributed by atoms with Crippen LogP contribution in [0.4, 0.5) is 5.69 Å². The molecular weight excluding hydrogens is 391 g/mol. The second-order valence-electron chi connectivity index (χ2n) is 6.99. The molecule has 27 heavy (non-hydrogen) atoms. The van der Waals surface area contributed by atoms with Crippen molar-refractivity contribution in [2.45, 2.75) is 37.8 Å². The van der Waals surface area contributed by atoms with E-state index in [-0.39, 0.29) is 24.8 Å². The predicted molar refractivity (Wildman–Crippen MR) is 106 cm³/mol. The first-order chi connectivity index (χ1) is 12.2. The molecule has 1 aromatic carbocycles. The third-order valence-corrected chi connectivity index (χ3v) is 5.48. The summed E-state index contributed by atoms with van der Waals surface area (Å²) >= 11 is 0. The number of carboxylic acid groups (broad SMARTS) is 1. The van der Waals surface area contributed by atoms with E-state index in [1.54, 1.807) is 0 Å². The number of carboxylic acids is 1. The average molecular weight is 415 g/mol. The molecule has 0 radical (unpaired) electrons. The van der Waals surface area contributed by atoms with Crippen LogP contribution in [0.15, 0.2) is 24.3 Å². The third kappa shape index (κ3) is 4.69. The topological polar surface area (TPSA) is 116 Å². The number of halogens is 2. The van der Waals surface area contributed by atoms with Crippen molar-refractivity contribution in [2.75, 3.05) is 11.9 Å². The molecule has 0 unspecified atom stereocenters. The maximum absolute atomic E-state index is 11.3. The molecule has 2 aromatic rings. The Labute approximate surface area is 169 Å². The minimum atomic E-state index is -0.740. The van der Waals surface area contributed by atoms with Gasteiger partial charge in [-0.15, -0.1) is 35.0 Å². The number of aromatic amines is 1. The third-order valence-electron chi connectivity index (χ3n) is 5.48. The summed E-state index contributed by atoms with van der Waals surface area (Å²) in [6.45, 7) is 0.813. The van der Waals surface area contributed by atoms with Gasteiger partial charge < -0.3 is 15.7 Å². The van der Waals surface area contributed by atoms with E-state index in [0.717, 1.165) is 37.1 Å². The monoisotopic (exact) mass is 414 g/mol. The highest BCUT2D eigenvalue weighted by atomic mass is 35.5. The van der Waals surface area contributed by atoms with Crippen LogP contribution >= 0.6 is 24.8 Å². The Hall–Kier alpha value is -1.90. The number of piperidine rings is 1. The van der Waals surface area contributed by atoms with E-state index < -0.39 is 12.0 Å². The molecule has 2 fully saturated rings. The van der Waals surface area contributed by atoms with Crippen molar-refractivity contribution in [3.05, 3.63) is 24.3 Å². The molecule has 1 aromatic heterocycles. The van der Waals surface area contributed by atoms with E-state index in [4.69, 9.17) is 0 Å². The quantitative estimate of drug-likeness (QED) is 0.606. The number of aliphatic carboxylic acids is 1. The maximum atomic E-state index is 11.3. The lowest BCUT2D eigenvalue weighted by molar-refractivity contribution is -0.141. The zero-order valence-electron chi connectivity index (χ0n) is 14.7. The summed E-state index contributed by atoms with van der Waals surface area (Å²) in [5, 5.41) is 30.3. The fraction of sp³-hybridized carbons (Fsp3) is 0.529. The Morgan fingerprint density at radius 3 is 2.70 bits per heavy atom. The van der Waals surface area contributed by atoms with Gasteiger partial charge in [0.25, 0.3) is 0 Å². The van der Waals surface area contributed by atoms with Crippen molar-refractivity contribution < 1.29 is 9.90 Å². The summed E-state index contributed by atoms with van der Waals surface area (Å²) in [5.41, 5.74) is 1.92. The van der Waals surface area contributed by atoms with Gasteiger partial charge in [0.2, 0.25) is 5.82 Å². The SMILES string of the molecule is Cl.Cl.O=C(O)[C@@H]1C[C@H]2C[C@@H](Nc3ccccc3-c3nn[nH]n3)CC[C@H]2CN1. The number of nitrogens with one attached hydrogen (secondary N) is 3. The molecule has 0 amide bonds. The van der Waals surface area contributed by atoms with Crippen LogP contribution in [0.25, 0.3) is 11.4 Å². The fourth-order valence-corrected chi connectivity index (χ4v) is 4.18. The van der Waals surface area contributed by atoms with Gasteiger partial charge in [0.15, 0.2) is 0 Å². The number of benzene rings is 1. The maximum Gasteiger partial charge on any atom is 0.320 e. The van der Waals surface area contributed by atoms with Crippen LogP contribution in [-0.2, 0) is 4.79 Å². The summed E-state index contributed by atoms with van der Waals surface area (Å²) in [6, 6.07) is 7.87. The highest BCUT2D eigenvalue weighted by Crippen LogP contribution is 2.37. The largest absolute Gasteiger partial charge is 0.480 e. The van der Waals surface area contributed by atoms with E-state index in [1.165, 1.54) is 0 Å². The van der Waals surface area contributed by atoms with Crippen molar-refractivity contribution >= 4 is 36.5 Å².